The molecule has 3 nitrogen and oxygen atoms in total. The molecule has 0 amide bonds. The van der Waals surface area contributed by atoms with Gasteiger partial charge in [0.25, 0.3) is 0 Å². The number of rotatable bonds is 2. The molecular weight excluding hydrogens is 224 g/mol. The fourth-order valence-electron chi connectivity index (χ4n) is 2.12. The first-order chi connectivity index (χ1) is 7.68. The number of para-hydroxylation sites is 1. The summed E-state index contributed by atoms with van der Waals surface area (Å²) in [5.74, 6) is 0.727. The van der Waals surface area contributed by atoms with Crippen molar-refractivity contribution in [3.8, 4) is 0 Å². The van der Waals surface area contributed by atoms with Crippen molar-refractivity contribution in [1.29, 1.82) is 0 Å². The normalized spacial score (nSPS) is 17.9. The third kappa shape index (κ3) is 1.43. The summed E-state index contributed by atoms with van der Waals surface area (Å²) in [5.41, 5.74) is 1.83. The number of aliphatic hydroxyl groups excluding tert-OH is 1. The molecule has 1 N–H and O–H groups in total. The largest absolute Gasteiger partial charge is 0.385 e. The third-order valence-corrected chi connectivity index (χ3v) is 3.28. The highest BCUT2D eigenvalue weighted by Crippen LogP contribution is 2.41. The molecule has 1 atom stereocenters. The number of aliphatic hydroxyl groups is 1. The lowest BCUT2D eigenvalue weighted by molar-refractivity contribution is 0.184. The molecule has 2 aromatic rings. The standard InChI is InChI=1S/C12H13ClN2O/c1-7(16)12-14-10-4-2-3-9(13)11(10)15(12)8-5-6-8/h2-4,7-8,16H,5-6H2,1H3. The second-order valence-electron chi connectivity index (χ2n) is 4.35. The van der Waals surface area contributed by atoms with E-state index in [0.717, 1.165) is 29.7 Å². The number of halogens is 1. The predicted molar refractivity (Wildman–Crippen MR) is 63.6 cm³/mol. The van der Waals surface area contributed by atoms with E-state index in [1.54, 1.807) is 6.92 Å². The Morgan fingerprint density at radius 2 is 2.25 bits per heavy atom. The van der Waals surface area contributed by atoms with Gasteiger partial charge in [0.1, 0.15) is 11.9 Å². The van der Waals surface area contributed by atoms with E-state index in [1.807, 2.05) is 18.2 Å². The average molecular weight is 237 g/mol. The molecule has 1 aliphatic carbocycles. The SMILES string of the molecule is CC(O)c1nc2cccc(Cl)c2n1C1CC1. The van der Waals surface area contributed by atoms with Crippen LogP contribution < -0.4 is 0 Å². The summed E-state index contributed by atoms with van der Waals surface area (Å²) in [6.45, 7) is 1.74. The lowest BCUT2D eigenvalue weighted by atomic mass is 10.3. The van der Waals surface area contributed by atoms with Crippen molar-refractivity contribution in [3.63, 3.8) is 0 Å². The smallest absolute Gasteiger partial charge is 0.138 e. The Labute approximate surface area is 98.7 Å². The number of benzene rings is 1. The minimum absolute atomic E-state index is 0.467. The van der Waals surface area contributed by atoms with E-state index in [0.29, 0.717) is 11.1 Å². The van der Waals surface area contributed by atoms with Crippen LogP contribution in [0.1, 0.15) is 37.7 Å². The second kappa shape index (κ2) is 3.47. The van der Waals surface area contributed by atoms with Gasteiger partial charge in [0.2, 0.25) is 0 Å². The molecular formula is C12H13ClN2O. The van der Waals surface area contributed by atoms with E-state index < -0.39 is 6.10 Å². The monoisotopic (exact) mass is 236 g/mol. The Hall–Kier alpha value is -1.06. The molecule has 0 radical (unpaired) electrons. The number of aromatic nitrogens is 2. The van der Waals surface area contributed by atoms with Gasteiger partial charge >= 0.3 is 0 Å². The lowest BCUT2D eigenvalue weighted by Crippen LogP contribution is -2.05. The van der Waals surface area contributed by atoms with E-state index >= 15 is 0 Å². The van der Waals surface area contributed by atoms with Crippen molar-refractivity contribution in [3.05, 3.63) is 29.0 Å². The van der Waals surface area contributed by atoms with Crippen LogP contribution in [0.3, 0.4) is 0 Å². The molecule has 84 valence electrons. The van der Waals surface area contributed by atoms with Crippen molar-refractivity contribution < 1.29 is 5.11 Å². The van der Waals surface area contributed by atoms with Gasteiger partial charge in [-0.3, -0.25) is 0 Å². The highest BCUT2D eigenvalue weighted by atomic mass is 35.5. The fraction of sp³-hybridized carbons (Fsp3) is 0.417. The molecule has 1 saturated carbocycles. The molecule has 1 heterocycles. The summed E-state index contributed by atoms with van der Waals surface area (Å²) in [6, 6.07) is 6.16. The zero-order valence-electron chi connectivity index (χ0n) is 9.02. The van der Waals surface area contributed by atoms with Gasteiger partial charge < -0.3 is 9.67 Å². The maximum absolute atomic E-state index is 9.75. The second-order valence-corrected chi connectivity index (χ2v) is 4.76. The zero-order chi connectivity index (χ0) is 11.3. The topological polar surface area (TPSA) is 38.1 Å². The molecule has 0 saturated heterocycles. The van der Waals surface area contributed by atoms with Crippen LogP contribution in [0.15, 0.2) is 18.2 Å². The quantitative estimate of drug-likeness (QED) is 0.870. The maximum atomic E-state index is 9.75. The predicted octanol–water partition coefficient (Wildman–Crippen LogP) is 3.08. The molecule has 4 heteroatoms. The Kier molecular flexibility index (Phi) is 2.19. The number of imidazole rings is 1. The first-order valence-electron chi connectivity index (χ1n) is 5.53. The van der Waals surface area contributed by atoms with Gasteiger partial charge in [-0.15, -0.1) is 0 Å². The minimum Gasteiger partial charge on any atom is -0.385 e. The lowest BCUT2D eigenvalue weighted by Gasteiger charge is -2.09. The summed E-state index contributed by atoms with van der Waals surface area (Å²) >= 11 is 6.21. The van der Waals surface area contributed by atoms with E-state index in [-0.39, 0.29) is 0 Å². The molecule has 3 rings (SSSR count). The number of hydrogen-bond donors (Lipinski definition) is 1. The molecule has 0 bridgehead atoms. The van der Waals surface area contributed by atoms with Gasteiger partial charge in [-0.1, -0.05) is 17.7 Å². The average Bonchev–Trinajstić information content (AvgIpc) is 2.99. The van der Waals surface area contributed by atoms with Crippen LogP contribution in [-0.4, -0.2) is 14.7 Å². The van der Waals surface area contributed by atoms with E-state index in [9.17, 15) is 5.11 Å². The highest BCUT2D eigenvalue weighted by molar-refractivity contribution is 6.35. The van der Waals surface area contributed by atoms with Gasteiger partial charge in [-0.2, -0.15) is 0 Å². The first kappa shape index (κ1) is 10.1. The Morgan fingerprint density at radius 1 is 1.50 bits per heavy atom. The van der Waals surface area contributed by atoms with Gasteiger partial charge in [0.15, 0.2) is 0 Å². The van der Waals surface area contributed by atoms with Gasteiger partial charge in [-0.05, 0) is 31.9 Å². The Bertz CT molecular complexity index is 543. The summed E-state index contributed by atoms with van der Waals surface area (Å²) < 4.78 is 2.10. The first-order valence-corrected chi connectivity index (χ1v) is 5.90. The third-order valence-electron chi connectivity index (χ3n) is 2.97. The van der Waals surface area contributed by atoms with Crippen LogP contribution >= 0.6 is 11.6 Å². The van der Waals surface area contributed by atoms with Crippen LogP contribution in [-0.2, 0) is 0 Å². The molecule has 1 unspecified atom stereocenters. The van der Waals surface area contributed by atoms with E-state index in [2.05, 4.69) is 9.55 Å². The van der Waals surface area contributed by atoms with Crippen LogP contribution in [0.2, 0.25) is 5.02 Å². The van der Waals surface area contributed by atoms with Crippen molar-refractivity contribution in [2.45, 2.75) is 31.9 Å². The molecule has 0 aliphatic heterocycles. The van der Waals surface area contributed by atoms with Crippen molar-refractivity contribution >= 4 is 22.6 Å². The van der Waals surface area contributed by atoms with Gasteiger partial charge in [-0.25, -0.2) is 4.98 Å². The Morgan fingerprint density at radius 3 is 2.88 bits per heavy atom. The summed E-state index contributed by atoms with van der Waals surface area (Å²) in [6.07, 6.45) is 1.75. The minimum atomic E-state index is -0.552. The van der Waals surface area contributed by atoms with Crippen molar-refractivity contribution in [1.82, 2.24) is 9.55 Å². The number of fused-ring (bicyclic) bond motifs is 1. The van der Waals surface area contributed by atoms with E-state index in [1.165, 1.54) is 0 Å². The molecule has 0 spiro atoms. The summed E-state index contributed by atoms with van der Waals surface area (Å²) in [4.78, 5) is 4.46. The van der Waals surface area contributed by atoms with Gasteiger partial charge in [0, 0.05) is 6.04 Å². The van der Waals surface area contributed by atoms with Gasteiger partial charge in [0.05, 0.1) is 16.1 Å². The number of hydrogen-bond acceptors (Lipinski definition) is 2. The summed E-state index contributed by atoms with van der Waals surface area (Å²) in [5, 5.41) is 10.5. The fourth-order valence-corrected chi connectivity index (χ4v) is 2.38. The Balaban J connectivity index is 2.34. The van der Waals surface area contributed by atoms with Crippen LogP contribution in [0.25, 0.3) is 11.0 Å². The molecule has 1 fully saturated rings. The molecule has 16 heavy (non-hydrogen) atoms. The molecule has 1 aromatic carbocycles. The number of nitrogens with zero attached hydrogens (tertiary/aromatic N) is 2. The van der Waals surface area contributed by atoms with Crippen LogP contribution in [0.4, 0.5) is 0 Å². The van der Waals surface area contributed by atoms with Crippen LogP contribution in [0, 0.1) is 0 Å². The van der Waals surface area contributed by atoms with Crippen molar-refractivity contribution in [2.75, 3.05) is 0 Å². The molecule has 1 aliphatic rings. The summed E-state index contributed by atoms with van der Waals surface area (Å²) in [7, 11) is 0. The van der Waals surface area contributed by atoms with Crippen molar-refractivity contribution in [2.24, 2.45) is 0 Å². The molecule has 1 aromatic heterocycles. The van der Waals surface area contributed by atoms with E-state index in [4.69, 9.17) is 11.6 Å². The maximum Gasteiger partial charge on any atom is 0.138 e. The van der Waals surface area contributed by atoms with Crippen LogP contribution in [0.5, 0.6) is 0 Å². The highest BCUT2D eigenvalue weighted by Gasteiger charge is 2.30. The zero-order valence-corrected chi connectivity index (χ0v) is 9.78.